The lowest BCUT2D eigenvalue weighted by atomic mass is 10.2. The van der Waals surface area contributed by atoms with Gasteiger partial charge in [0.05, 0.1) is 30.7 Å². The van der Waals surface area contributed by atoms with Gasteiger partial charge in [-0.15, -0.1) is 0 Å². The molecule has 0 unspecified atom stereocenters. The molecule has 2 rings (SSSR count). The van der Waals surface area contributed by atoms with Crippen LogP contribution in [0.4, 0.5) is 0 Å². The summed E-state index contributed by atoms with van der Waals surface area (Å²) in [6.45, 7) is 1.62. The molecule has 7 heteroatoms. The molecule has 21 heavy (non-hydrogen) atoms. The Morgan fingerprint density at radius 3 is 2.67 bits per heavy atom. The van der Waals surface area contributed by atoms with Gasteiger partial charge in [0, 0.05) is 7.11 Å². The summed E-state index contributed by atoms with van der Waals surface area (Å²) in [6.07, 6.45) is 0. The van der Waals surface area contributed by atoms with Gasteiger partial charge in [-0.05, 0) is 12.1 Å². The topological polar surface area (TPSA) is 90.8 Å². The Labute approximate surface area is 121 Å². The number of benzene rings is 1. The third-order valence-electron chi connectivity index (χ3n) is 2.66. The Morgan fingerprint density at radius 2 is 1.90 bits per heavy atom. The van der Waals surface area contributed by atoms with E-state index in [1.54, 1.807) is 25.3 Å². The smallest absolute Gasteiger partial charge is 0.374 e. The molecule has 0 aliphatic carbocycles. The van der Waals surface area contributed by atoms with Gasteiger partial charge in [0.15, 0.2) is 0 Å². The van der Waals surface area contributed by atoms with Crippen LogP contribution in [0.2, 0.25) is 0 Å². The van der Waals surface area contributed by atoms with Gasteiger partial charge in [-0.2, -0.15) is 4.98 Å². The Bertz CT molecular complexity index is 617. The van der Waals surface area contributed by atoms with Crippen LogP contribution in [0.5, 0.6) is 5.88 Å². The van der Waals surface area contributed by atoms with E-state index in [2.05, 4.69) is 9.97 Å². The van der Waals surface area contributed by atoms with E-state index >= 15 is 0 Å². The van der Waals surface area contributed by atoms with Crippen LogP contribution < -0.4 is 4.74 Å². The predicted molar refractivity (Wildman–Crippen MR) is 74.7 cm³/mol. The van der Waals surface area contributed by atoms with Gasteiger partial charge in [0.2, 0.25) is 11.7 Å². The number of aromatic nitrogens is 2. The molecule has 0 spiro atoms. The lowest BCUT2D eigenvalue weighted by Gasteiger charge is -2.09. The molecule has 0 amide bonds. The highest BCUT2D eigenvalue weighted by molar-refractivity contribution is 5.89. The number of hydrogen-bond donors (Lipinski definition) is 1. The number of aromatic carboxylic acids is 1. The zero-order valence-electron chi connectivity index (χ0n) is 11.6. The van der Waals surface area contributed by atoms with Crippen LogP contribution in [-0.4, -0.2) is 54.6 Å². The van der Waals surface area contributed by atoms with E-state index in [-0.39, 0.29) is 18.3 Å². The summed E-state index contributed by atoms with van der Waals surface area (Å²) in [5.74, 6) is -1.24. The maximum atomic E-state index is 11.0. The first-order chi connectivity index (χ1) is 10.2. The first-order valence-corrected chi connectivity index (χ1v) is 6.42. The molecule has 2 aromatic rings. The standard InChI is InChI=1S/C14H16N2O5/c1-19-6-7-20-8-9-21-13-10-4-2-3-5-11(10)15-12(16-13)14(17)18/h2-5H,6-9H2,1H3,(H,17,18). The number of carboxylic acids is 1. The molecule has 1 heterocycles. The Kier molecular flexibility index (Phi) is 5.42. The van der Waals surface area contributed by atoms with Crippen LogP contribution >= 0.6 is 0 Å². The van der Waals surface area contributed by atoms with Crippen molar-refractivity contribution >= 4 is 16.9 Å². The van der Waals surface area contributed by atoms with Crippen molar-refractivity contribution < 1.29 is 24.1 Å². The molecule has 0 atom stereocenters. The summed E-state index contributed by atoms with van der Waals surface area (Å²) in [5.41, 5.74) is 0.528. The Hall–Kier alpha value is -2.25. The van der Waals surface area contributed by atoms with Gasteiger partial charge in [-0.1, -0.05) is 12.1 Å². The molecule has 0 saturated heterocycles. The Morgan fingerprint density at radius 1 is 1.14 bits per heavy atom. The quantitative estimate of drug-likeness (QED) is 0.735. The second-order valence-electron chi connectivity index (χ2n) is 4.13. The monoisotopic (exact) mass is 292 g/mol. The van der Waals surface area contributed by atoms with Gasteiger partial charge in [-0.25, -0.2) is 9.78 Å². The van der Waals surface area contributed by atoms with Gasteiger partial charge >= 0.3 is 5.97 Å². The zero-order chi connectivity index (χ0) is 15.1. The summed E-state index contributed by atoms with van der Waals surface area (Å²) >= 11 is 0. The van der Waals surface area contributed by atoms with Crippen molar-refractivity contribution in [3.63, 3.8) is 0 Å². The number of carbonyl (C=O) groups is 1. The number of hydrogen-bond acceptors (Lipinski definition) is 6. The normalized spacial score (nSPS) is 10.7. The molecule has 112 valence electrons. The maximum absolute atomic E-state index is 11.0. The third-order valence-corrected chi connectivity index (χ3v) is 2.66. The van der Waals surface area contributed by atoms with E-state index < -0.39 is 5.97 Å². The third kappa shape index (κ3) is 4.11. The number of ether oxygens (including phenoxy) is 3. The number of fused-ring (bicyclic) bond motifs is 1. The Balaban J connectivity index is 2.08. The van der Waals surface area contributed by atoms with Gasteiger partial charge < -0.3 is 19.3 Å². The molecule has 0 bridgehead atoms. The number of carboxylic acid groups (broad SMARTS) is 1. The molecular formula is C14H16N2O5. The SMILES string of the molecule is COCCOCCOc1nc(C(=O)O)nc2ccccc12. The minimum atomic E-state index is -1.19. The van der Waals surface area contributed by atoms with Crippen LogP contribution in [0.1, 0.15) is 10.6 Å². The van der Waals surface area contributed by atoms with Crippen molar-refractivity contribution in [2.24, 2.45) is 0 Å². The lowest BCUT2D eigenvalue weighted by molar-refractivity contribution is 0.0537. The molecular weight excluding hydrogens is 276 g/mol. The summed E-state index contributed by atoms with van der Waals surface area (Å²) < 4.78 is 15.6. The van der Waals surface area contributed by atoms with Gasteiger partial charge in [0.1, 0.15) is 6.61 Å². The molecule has 1 N–H and O–H groups in total. The molecule has 0 fully saturated rings. The van der Waals surface area contributed by atoms with Crippen molar-refractivity contribution in [2.45, 2.75) is 0 Å². The molecule has 0 aliphatic rings. The first-order valence-electron chi connectivity index (χ1n) is 6.42. The second kappa shape index (κ2) is 7.51. The van der Waals surface area contributed by atoms with Gasteiger partial charge in [0.25, 0.3) is 0 Å². The number of para-hydroxylation sites is 1. The average molecular weight is 292 g/mol. The zero-order valence-corrected chi connectivity index (χ0v) is 11.6. The van der Waals surface area contributed by atoms with E-state index in [4.69, 9.17) is 19.3 Å². The second-order valence-corrected chi connectivity index (χ2v) is 4.13. The summed E-state index contributed by atoms with van der Waals surface area (Å²) in [4.78, 5) is 18.9. The van der Waals surface area contributed by atoms with E-state index in [0.717, 1.165) is 0 Å². The molecule has 1 aromatic heterocycles. The van der Waals surface area contributed by atoms with Crippen LogP contribution in [0.15, 0.2) is 24.3 Å². The highest BCUT2D eigenvalue weighted by Crippen LogP contribution is 2.22. The fraction of sp³-hybridized carbons (Fsp3) is 0.357. The average Bonchev–Trinajstić information content (AvgIpc) is 2.50. The number of methoxy groups -OCH3 is 1. The first kappa shape index (κ1) is 15.1. The van der Waals surface area contributed by atoms with Crippen LogP contribution in [-0.2, 0) is 9.47 Å². The molecule has 0 radical (unpaired) electrons. The largest absolute Gasteiger partial charge is 0.475 e. The van der Waals surface area contributed by atoms with E-state index in [0.29, 0.717) is 30.7 Å². The number of rotatable bonds is 8. The van der Waals surface area contributed by atoms with Crippen LogP contribution in [0.25, 0.3) is 10.9 Å². The van der Waals surface area contributed by atoms with E-state index in [1.165, 1.54) is 0 Å². The molecule has 7 nitrogen and oxygen atoms in total. The summed E-state index contributed by atoms with van der Waals surface area (Å²) in [6, 6.07) is 7.08. The summed E-state index contributed by atoms with van der Waals surface area (Å²) in [7, 11) is 1.60. The maximum Gasteiger partial charge on any atom is 0.374 e. The van der Waals surface area contributed by atoms with Crippen molar-refractivity contribution in [1.82, 2.24) is 9.97 Å². The van der Waals surface area contributed by atoms with Crippen molar-refractivity contribution in [3.8, 4) is 5.88 Å². The van der Waals surface area contributed by atoms with Crippen LogP contribution in [0.3, 0.4) is 0 Å². The van der Waals surface area contributed by atoms with Crippen LogP contribution in [0, 0.1) is 0 Å². The number of nitrogens with zero attached hydrogens (tertiary/aromatic N) is 2. The minimum Gasteiger partial charge on any atom is -0.475 e. The predicted octanol–water partition coefficient (Wildman–Crippen LogP) is 1.37. The highest BCUT2D eigenvalue weighted by atomic mass is 16.5. The fourth-order valence-corrected chi connectivity index (χ4v) is 1.69. The molecule has 0 aliphatic heterocycles. The van der Waals surface area contributed by atoms with Gasteiger partial charge in [-0.3, -0.25) is 0 Å². The fourth-order valence-electron chi connectivity index (χ4n) is 1.69. The van der Waals surface area contributed by atoms with Crippen molar-refractivity contribution in [1.29, 1.82) is 0 Å². The molecule has 1 aromatic carbocycles. The lowest BCUT2D eigenvalue weighted by Crippen LogP contribution is -2.12. The minimum absolute atomic E-state index is 0.244. The highest BCUT2D eigenvalue weighted by Gasteiger charge is 2.13. The molecule has 0 saturated carbocycles. The van der Waals surface area contributed by atoms with Crippen molar-refractivity contribution in [3.05, 3.63) is 30.1 Å². The van der Waals surface area contributed by atoms with E-state index in [1.807, 2.05) is 6.07 Å². The van der Waals surface area contributed by atoms with E-state index in [9.17, 15) is 4.79 Å². The summed E-state index contributed by atoms with van der Waals surface area (Å²) in [5, 5.41) is 9.68. The van der Waals surface area contributed by atoms with Crippen molar-refractivity contribution in [2.75, 3.05) is 33.5 Å².